The van der Waals surface area contributed by atoms with Crippen molar-refractivity contribution in [2.75, 3.05) is 0 Å². The van der Waals surface area contributed by atoms with Crippen molar-refractivity contribution >= 4 is 11.8 Å². The smallest absolute Gasteiger partial charge is 0.110 e. The van der Waals surface area contributed by atoms with Crippen LogP contribution >= 0.6 is 11.8 Å². The zero-order valence-electron chi connectivity index (χ0n) is 13.6. The Labute approximate surface area is 150 Å². The maximum atomic E-state index is 4.35. The minimum absolute atomic E-state index is 0.802. The van der Waals surface area contributed by atoms with E-state index in [1.807, 2.05) is 12.4 Å². The van der Waals surface area contributed by atoms with Gasteiger partial charge in [-0.1, -0.05) is 48.2 Å². The molecule has 2 heterocycles. The Morgan fingerprint density at radius 1 is 0.680 bits per heavy atom. The van der Waals surface area contributed by atoms with E-state index in [0.29, 0.717) is 0 Å². The van der Waals surface area contributed by atoms with Gasteiger partial charge >= 0.3 is 0 Å². The standard InChI is InChI=1S/C20H18N4S/c1-3-7-17(15(5-1)13-19-21-9-10-22-19)25-18-8-4-2-6-16(18)14-20-23-11-12-24-20/h1-12H,13-14H2,(H,21,22)(H,23,24). The molecular formula is C20H18N4S. The van der Waals surface area contributed by atoms with E-state index in [4.69, 9.17) is 0 Å². The average molecular weight is 346 g/mol. The molecule has 0 bridgehead atoms. The third-order valence-electron chi connectivity index (χ3n) is 3.99. The maximum absolute atomic E-state index is 4.35. The van der Waals surface area contributed by atoms with E-state index >= 15 is 0 Å². The molecular weight excluding hydrogens is 328 g/mol. The molecule has 4 rings (SSSR count). The Balaban J connectivity index is 1.60. The van der Waals surface area contributed by atoms with Crippen LogP contribution in [0.4, 0.5) is 0 Å². The van der Waals surface area contributed by atoms with E-state index in [1.54, 1.807) is 24.2 Å². The van der Waals surface area contributed by atoms with E-state index in [2.05, 4.69) is 68.5 Å². The van der Waals surface area contributed by atoms with Gasteiger partial charge in [-0.3, -0.25) is 0 Å². The SMILES string of the molecule is c1ccc(Sc2ccccc2Cc2ncc[nH]2)c(Cc2ncc[nH]2)c1. The molecule has 0 atom stereocenters. The molecule has 0 aliphatic heterocycles. The molecule has 0 saturated heterocycles. The van der Waals surface area contributed by atoms with E-state index in [-0.39, 0.29) is 0 Å². The van der Waals surface area contributed by atoms with Gasteiger partial charge in [-0.05, 0) is 23.3 Å². The highest BCUT2D eigenvalue weighted by molar-refractivity contribution is 7.99. The van der Waals surface area contributed by atoms with Gasteiger partial charge in [-0.15, -0.1) is 0 Å². The number of H-pyrrole nitrogens is 2. The monoisotopic (exact) mass is 346 g/mol. The largest absolute Gasteiger partial charge is 0.348 e. The fourth-order valence-corrected chi connectivity index (χ4v) is 3.84. The van der Waals surface area contributed by atoms with Gasteiger partial charge in [0.25, 0.3) is 0 Å². The maximum Gasteiger partial charge on any atom is 0.110 e. The van der Waals surface area contributed by atoms with Crippen LogP contribution < -0.4 is 0 Å². The van der Waals surface area contributed by atoms with Crippen LogP contribution in [0.15, 0.2) is 83.1 Å². The van der Waals surface area contributed by atoms with Crippen LogP contribution in [0.1, 0.15) is 22.8 Å². The van der Waals surface area contributed by atoms with Crippen molar-refractivity contribution in [3.63, 3.8) is 0 Å². The molecule has 0 fully saturated rings. The fourth-order valence-electron chi connectivity index (χ4n) is 2.77. The van der Waals surface area contributed by atoms with Crippen LogP contribution in [0.3, 0.4) is 0 Å². The Kier molecular flexibility index (Phi) is 4.65. The predicted molar refractivity (Wildman–Crippen MR) is 99.8 cm³/mol. The number of aromatic amines is 2. The van der Waals surface area contributed by atoms with E-state index < -0.39 is 0 Å². The predicted octanol–water partition coefficient (Wildman–Crippen LogP) is 4.47. The molecule has 25 heavy (non-hydrogen) atoms. The molecule has 0 saturated carbocycles. The van der Waals surface area contributed by atoms with Crippen molar-refractivity contribution in [2.24, 2.45) is 0 Å². The molecule has 0 aliphatic rings. The van der Waals surface area contributed by atoms with Crippen LogP contribution in [0.2, 0.25) is 0 Å². The third kappa shape index (κ3) is 3.83. The van der Waals surface area contributed by atoms with Crippen LogP contribution in [0.5, 0.6) is 0 Å². The molecule has 0 aliphatic carbocycles. The number of nitrogens with one attached hydrogen (secondary N) is 2. The van der Waals surface area contributed by atoms with E-state index in [9.17, 15) is 0 Å². The second kappa shape index (κ2) is 7.40. The first kappa shape index (κ1) is 15.7. The number of aromatic nitrogens is 4. The van der Waals surface area contributed by atoms with Crippen molar-refractivity contribution in [3.8, 4) is 0 Å². The number of hydrogen-bond acceptors (Lipinski definition) is 3. The van der Waals surface area contributed by atoms with E-state index in [1.165, 1.54) is 20.9 Å². The molecule has 0 radical (unpaired) electrons. The number of nitrogens with zero attached hydrogens (tertiary/aromatic N) is 2. The first-order valence-corrected chi connectivity index (χ1v) is 9.00. The number of hydrogen-bond donors (Lipinski definition) is 2. The van der Waals surface area contributed by atoms with E-state index in [0.717, 1.165) is 24.5 Å². The van der Waals surface area contributed by atoms with Crippen LogP contribution in [0, 0.1) is 0 Å². The van der Waals surface area contributed by atoms with Crippen molar-refractivity contribution in [1.29, 1.82) is 0 Å². The van der Waals surface area contributed by atoms with Crippen molar-refractivity contribution in [2.45, 2.75) is 22.6 Å². The summed E-state index contributed by atoms with van der Waals surface area (Å²) in [7, 11) is 0. The van der Waals surface area contributed by atoms with Gasteiger partial charge in [0.05, 0.1) is 0 Å². The molecule has 2 aromatic carbocycles. The van der Waals surface area contributed by atoms with Crippen molar-refractivity contribution < 1.29 is 0 Å². The molecule has 0 unspecified atom stereocenters. The highest BCUT2D eigenvalue weighted by Gasteiger charge is 2.10. The lowest BCUT2D eigenvalue weighted by atomic mass is 10.1. The molecule has 4 nitrogen and oxygen atoms in total. The lowest BCUT2D eigenvalue weighted by Crippen LogP contribution is -1.95. The minimum atomic E-state index is 0.802. The summed E-state index contributed by atoms with van der Waals surface area (Å²) in [5, 5.41) is 0. The van der Waals surface area contributed by atoms with Gasteiger partial charge in [-0.2, -0.15) is 0 Å². The summed E-state index contributed by atoms with van der Waals surface area (Å²) in [6, 6.07) is 17.0. The normalized spacial score (nSPS) is 10.9. The van der Waals surface area contributed by atoms with Crippen LogP contribution in [-0.4, -0.2) is 19.9 Å². The summed E-state index contributed by atoms with van der Waals surface area (Å²) in [4.78, 5) is 17.6. The summed E-state index contributed by atoms with van der Waals surface area (Å²) in [6.07, 6.45) is 8.92. The number of benzene rings is 2. The number of imidazole rings is 2. The fraction of sp³-hybridized carbons (Fsp3) is 0.100. The summed E-state index contributed by atoms with van der Waals surface area (Å²) in [6.45, 7) is 0. The molecule has 0 amide bonds. The number of rotatable bonds is 6. The first-order chi connectivity index (χ1) is 12.4. The quantitative estimate of drug-likeness (QED) is 0.542. The van der Waals surface area contributed by atoms with Gasteiger partial charge in [0.1, 0.15) is 11.6 Å². The Morgan fingerprint density at radius 2 is 1.16 bits per heavy atom. The Morgan fingerprint density at radius 3 is 1.60 bits per heavy atom. The second-order valence-corrected chi connectivity index (χ2v) is 6.83. The van der Waals surface area contributed by atoms with Gasteiger partial charge in [0.15, 0.2) is 0 Å². The summed E-state index contributed by atoms with van der Waals surface area (Å²) in [5.74, 6) is 1.97. The lowest BCUT2D eigenvalue weighted by molar-refractivity contribution is 0.992. The highest BCUT2D eigenvalue weighted by atomic mass is 32.2. The van der Waals surface area contributed by atoms with Crippen LogP contribution in [0.25, 0.3) is 0 Å². The second-order valence-electron chi connectivity index (χ2n) is 5.74. The topological polar surface area (TPSA) is 57.4 Å². The van der Waals surface area contributed by atoms with Gasteiger partial charge < -0.3 is 9.97 Å². The summed E-state index contributed by atoms with van der Waals surface area (Å²) < 4.78 is 0. The molecule has 4 aromatic rings. The van der Waals surface area contributed by atoms with Gasteiger partial charge in [0.2, 0.25) is 0 Å². The molecule has 124 valence electrons. The van der Waals surface area contributed by atoms with Gasteiger partial charge in [-0.25, -0.2) is 9.97 Å². The summed E-state index contributed by atoms with van der Waals surface area (Å²) in [5.41, 5.74) is 2.55. The van der Waals surface area contributed by atoms with Gasteiger partial charge in [0, 0.05) is 47.4 Å². The van der Waals surface area contributed by atoms with Crippen molar-refractivity contribution in [1.82, 2.24) is 19.9 Å². The highest BCUT2D eigenvalue weighted by Crippen LogP contribution is 2.34. The third-order valence-corrected chi connectivity index (χ3v) is 5.23. The zero-order valence-corrected chi connectivity index (χ0v) is 14.5. The Hall–Kier alpha value is -2.79. The molecule has 2 N–H and O–H groups in total. The first-order valence-electron chi connectivity index (χ1n) is 8.18. The Bertz CT molecular complexity index is 852. The summed E-state index contributed by atoms with van der Waals surface area (Å²) >= 11 is 1.80. The molecule has 0 spiro atoms. The lowest BCUT2D eigenvalue weighted by Gasteiger charge is -2.11. The van der Waals surface area contributed by atoms with Crippen LogP contribution in [-0.2, 0) is 12.8 Å². The average Bonchev–Trinajstić information content (AvgIpc) is 3.32. The zero-order chi connectivity index (χ0) is 16.9. The minimum Gasteiger partial charge on any atom is -0.348 e. The van der Waals surface area contributed by atoms with Crippen molar-refractivity contribution in [3.05, 3.63) is 96.1 Å². The molecule has 5 heteroatoms. The molecule has 2 aromatic heterocycles.